The van der Waals surface area contributed by atoms with Gasteiger partial charge in [-0.25, -0.2) is 0 Å². The van der Waals surface area contributed by atoms with Gasteiger partial charge in [0.05, 0.1) is 11.5 Å². The molecule has 1 aromatic rings. The number of hydrogen-bond donors (Lipinski definition) is 1. The van der Waals surface area contributed by atoms with Crippen molar-refractivity contribution in [2.24, 2.45) is 11.1 Å². The average Bonchev–Trinajstić information content (AvgIpc) is 2.54. The second-order valence-electron chi connectivity index (χ2n) is 5.06. The van der Waals surface area contributed by atoms with Crippen LogP contribution in [0.15, 0.2) is 29.7 Å². The zero-order valence-electron chi connectivity index (χ0n) is 12.6. The molecule has 8 nitrogen and oxygen atoms in total. The fourth-order valence-electron chi connectivity index (χ4n) is 2.37. The number of rotatable bonds is 9. The minimum absolute atomic E-state index is 0.227. The van der Waals surface area contributed by atoms with Crippen LogP contribution >= 0.6 is 0 Å². The quantitative estimate of drug-likeness (QED) is 0.426. The Labute approximate surface area is 128 Å². The topological polar surface area (TPSA) is 115 Å². The molecule has 1 N–H and O–H groups in total. The van der Waals surface area contributed by atoms with Crippen molar-refractivity contribution < 1.29 is 9.72 Å². The summed E-state index contributed by atoms with van der Waals surface area (Å²) < 4.78 is 0. The lowest BCUT2D eigenvalue weighted by Gasteiger charge is -2.21. The summed E-state index contributed by atoms with van der Waals surface area (Å²) in [4.78, 5) is 37.1. The molecule has 0 spiro atoms. The first kappa shape index (κ1) is 17.7. The van der Waals surface area contributed by atoms with Crippen LogP contribution in [0.5, 0.6) is 0 Å². The summed E-state index contributed by atoms with van der Waals surface area (Å²) in [5.41, 5.74) is 0.420. The minimum Gasteiger partial charge on any atom is -0.352 e. The van der Waals surface area contributed by atoms with Crippen molar-refractivity contribution in [3.05, 3.63) is 45.1 Å². The van der Waals surface area contributed by atoms with Crippen molar-refractivity contribution in [3.63, 3.8) is 0 Å². The summed E-state index contributed by atoms with van der Waals surface area (Å²) in [5, 5.41) is 16.5. The number of nitrogens with one attached hydrogen (secondary N) is 1. The molecule has 0 bridgehead atoms. The van der Waals surface area contributed by atoms with E-state index in [9.17, 15) is 19.8 Å². The highest BCUT2D eigenvalue weighted by Gasteiger charge is 2.33. The number of nitroso groups, excluding NO2 is 1. The maximum absolute atomic E-state index is 11.8. The molecule has 0 aliphatic carbocycles. The summed E-state index contributed by atoms with van der Waals surface area (Å²) in [7, 11) is 0. The van der Waals surface area contributed by atoms with Crippen LogP contribution in [0.4, 0.5) is 0 Å². The fourth-order valence-corrected chi connectivity index (χ4v) is 2.37. The molecule has 3 unspecified atom stereocenters. The van der Waals surface area contributed by atoms with Gasteiger partial charge in [-0.3, -0.25) is 19.9 Å². The Kier molecular flexibility index (Phi) is 7.07. The molecular formula is C14H20N4O4. The van der Waals surface area contributed by atoms with Gasteiger partial charge in [0, 0.05) is 30.8 Å². The van der Waals surface area contributed by atoms with Gasteiger partial charge < -0.3 is 5.32 Å². The molecule has 3 atom stereocenters. The molecule has 1 amide bonds. The van der Waals surface area contributed by atoms with Crippen molar-refractivity contribution in [2.75, 3.05) is 6.54 Å². The molecule has 0 aliphatic rings. The van der Waals surface area contributed by atoms with E-state index >= 15 is 0 Å². The average molecular weight is 308 g/mol. The van der Waals surface area contributed by atoms with Crippen LogP contribution in [0.2, 0.25) is 0 Å². The van der Waals surface area contributed by atoms with Gasteiger partial charge >= 0.3 is 0 Å². The molecule has 0 aliphatic heterocycles. The lowest BCUT2D eigenvalue weighted by molar-refractivity contribution is -0.528. The smallest absolute Gasteiger partial charge is 0.252 e. The number of amides is 1. The number of carbonyl (C=O) groups is 1. The summed E-state index contributed by atoms with van der Waals surface area (Å²) in [6.45, 7) is 3.49. The first-order valence-electron chi connectivity index (χ1n) is 7.15. The third-order valence-corrected chi connectivity index (χ3v) is 3.70. The van der Waals surface area contributed by atoms with Crippen LogP contribution in [0.25, 0.3) is 0 Å². The molecule has 1 rings (SSSR count). The Balaban J connectivity index is 2.55. The third-order valence-electron chi connectivity index (χ3n) is 3.70. The van der Waals surface area contributed by atoms with Gasteiger partial charge in [-0.15, -0.1) is 0 Å². The Hall–Kier alpha value is -2.38. The van der Waals surface area contributed by atoms with Gasteiger partial charge in [0.1, 0.15) is 6.04 Å². The van der Waals surface area contributed by atoms with E-state index in [0.717, 1.165) is 0 Å². The predicted octanol–water partition coefficient (Wildman–Crippen LogP) is 2.03. The van der Waals surface area contributed by atoms with Crippen LogP contribution < -0.4 is 5.32 Å². The van der Waals surface area contributed by atoms with Gasteiger partial charge in [0.25, 0.3) is 5.91 Å². The third kappa shape index (κ3) is 4.87. The second-order valence-corrected chi connectivity index (χ2v) is 5.06. The zero-order valence-corrected chi connectivity index (χ0v) is 12.6. The van der Waals surface area contributed by atoms with E-state index in [4.69, 9.17) is 0 Å². The first-order chi connectivity index (χ1) is 10.5. The second kappa shape index (κ2) is 8.81. The molecule has 1 heterocycles. The lowest BCUT2D eigenvalue weighted by atomic mass is 9.89. The maximum atomic E-state index is 11.8. The number of hydrogen-bond acceptors (Lipinski definition) is 6. The van der Waals surface area contributed by atoms with Gasteiger partial charge in [0.2, 0.25) is 6.04 Å². The Morgan fingerprint density at radius 2 is 2.27 bits per heavy atom. The Bertz CT molecular complexity index is 509. The van der Waals surface area contributed by atoms with Crippen LogP contribution in [0.3, 0.4) is 0 Å². The van der Waals surface area contributed by atoms with E-state index in [2.05, 4.69) is 15.5 Å². The van der Waals surface area contributed by atoms with Crippen molar-refractivity contribution in [1.82, 2.24) is 10.3 Å². The van der Waals surface area contributed by atoms with Crippen LogP contribution in [0, 0.1) is 20.9 Å². The largest absolute Gasteiger partial charge is 0.352 e. The molecule has 22 heavy (non-hydrogen) atoms. The highest BCUT2D eigenvalue weighted by Crippen LogP contribution is 2.21. The van der Waals surface area contributed by atoms with Gasteiger partial charge in [-0.05, 0) is 25.0 Å². The van der Waals surface area contributed by atoms with E-state index in [-0.39, 0.29) is 18.9 Å². The van der Waals surface area contributed by atoms with Crippen molar-refractivity contribution in [3.8, 4) is 0 Å². The van der Waals surface area contributed by atoms with Gasteiger partial charge in [-0.1, -0.05) is 12.1 Å². The van der Waals surface area contributed by atoms with Crippen LogP contribution in [-0.2, 0) is 0 Å². The van der Waals surface area contributed by atoms with Gasteiger partial charge in [0.15, 0.2) is 0 Å². The monoisotopic (exact) mass is 308 g/mol. The van der Waals surface area contributed by atoms with E-state index < -0.39 is 22.9 Å². The summed E-state index contributed by atoms with van der Waals surface area (Å²) >= 11 is 0. The van der Waals surface area contributed by atoms with Crippen molar-refractivity contribution >= 4 is 5.91 Å². The molecule has 120 valence electrons. The molecular weight excluding hydrogens is 288 g/mol. The Morgan fingerprint density at radius 3 is 2.77 bits per heavy atom. The van der Waals surface area contributed by atoms with Crippen molar-refractivity contribution in [2.45, 2.75) is 38.8 Å². The van der Waals surface area contributed by atoms with E-state index in [0.29, 0.717) is 12.0 Å². The van der Waals surface area contributed by atoms with E-state index in [1.165, 1.54) is 13.1 Å². The number of pyridine rings is 1. The number of carbonyl (C=O) groups excluding carboxylic acids is 1. The van der Waals surface area contributed by atoms with Crippen LogP contribution in [-0.4, -0.2) is 34.4 Å². The molecule has 8 heteroatoms. The van der Waals surface area contributed by atoms with E-state index in [1.807, 2.05) is 0 Å². The van der Waals surface area contributed by atoms with E-state index in [1.54, 1.807) is 25.3 Å². The zero-order chi connectivity index (χ0) is 16.5. The highest BCUT2D eigenvalue weighted by atomic mass is 16.6. The van der Waals surface area contributed by atoms with Crippen LogP contribution in [0.1, 0.15) is 37.0 Å². The normalized spacial score (nSPS) is 14.6. The summed E-state index contributed by atoms with van der Waals surface area (Å²) in [5.74, 6) is -0.740. The maximum Gasteiger partial charge on any atom is 0.252 e. The first-order valence-corrected chi connectivity index (χ1v) is 7.15. The number of nitro groups is 1. The number of aromatic nitrogens is 1. The fraction of sp³-hybridized carbons (Fsp3) is 0.571. The number of nitrogens with zero attached hydrogens (tertiary/aromatic N) is 3. The molecule has 0 aromatic carbocycles. The standard InChI is InChI=1S/C14H20N4O4/c1-3-12(10(2)18(21)22)13(17-20)6-8-16-14(19)11-5-4-7-15-9-11/h4-5,7,9-10,12-13H,3,6,8H2,1-2H3,(H,16,19). The highest BCUT2D eigenvalue weighted by molar-refractivity contribution is 5.93. The molecule has 0 saturated carbocycles. The Morgan fingerprint density at radius 1 is 1.55 bits per heavy atom. The predicted molar refractivity (Wildman–Crippen MR) is 81.0 cm³/mol. The SMILES string of the molecule is CCC(C(CCNC(=O)c1cccnc1)N=O)C(C)[N+](=O)[O-]. The summed E-state index contributed by atoms with van der Waals surface area (Å²) in [6, 6.07) is 1.74. The van der Waals surface area contributed by atoms with Crippen molar-refractivity contribution in [1.29, 1.82) is 0 Å². The summed E-state index contributed by atoms with van der Waals surface area (Å²) in [6.07, 6.45) is 3.75. The molecule has 1 aromatic heterocycles. The minimum atomic E-state index is -0.846. The lowest BCUT2D eigenvalue weighted by Crippen LogP contribution is -2.36. The molecule has 0 radical (unpaired) electrons. The molecule has 0 saturated heterocycles. The van der Waals surface area contributed by atoms with Gasteiger partial charge in [-0.2, -0.15) is 4.91 Å². The molecule has 0 fully saturated rings.